The van der Waals surface area contributed by atoms with Gasteiger partial charge in [-0.2, -0.15) is 0 Å². The van der Waals surface area contributed by atoms with E-state index in [1.807, 2.05) is 0 Å². The van der Waals surface area contributed by atoms with E-state index in [9.17, 15) is 8.42 Å². The summed E-state index contributed by atoms with van der Waals surface area (Å²) < 4.78 is 23.3. The molecule has 0 amide bonds. The molecule has 21 heavy (non-hydrogen) atoms. The maximum absolute atomic E-state index is 11.7. The van der Waals surface area contributed by atoms with Crippen molar-refractivity contribution < 1.29 is 8.42 Å². The fraction of sp³-hybridized carbons (Fsp3) is 0.800. The minimum absolute atomic E-state index is 0.0646. The van der Waals surface area contributed by atoms with Crippen LogP contribution in [0.2, 0.25) is 0 Å². The van der Waals surface area contributed by atoms with E-state index in [4.69, 9.17) is 4.98 Å². The molecule has 0 bridgehead atoms. The van der Waals surface area contributed by atoms with Gasteiger partial charge in [0, 0.05) is 22.9 Å². The molecule has 0 saturated carbocycles. The van der Waals surface area contributed by atoms with Crippen LogP contribution >= 0.6 is 11.3 Å². The third-order valence-corrected chi connectivity index (χ3v) is 6.65. The second-order valence-electron chi connectivity index (χ2n) is 7.22. The van der Waals surface area contributed by atoms with Crippen LogP contribution < -0.4 is 5.32 Å². The average molecular weight is 331 g/mol. The van der Waals surface area contributed by atoms with Crippen molar-refractivity contribution in [1.82, 2.24) is 10.3 Å². The summed E-state index contributed by atoms with van der Waals surface area (Å²) in [4.78, 5) is 6.02. The van der Waals surface area contributed by atoms with Crippen molar-refractivity contribution in [3.05, 3.63) is 15.6 Å². The maximum Gasteiger partial charge on any atom is 0.151 e. The first-order valence-corrected chi connectivity index (χ1v) is 10.2. The largest absolute Gasteiger partial charge is 0.307 e. The lowest BCUT2D eigenvalue weighted by atomic mass is 10.1. The van der Waals surface area contributed by atoms with Gasteiger partial charge >= 0.3 is 0 Å². The molecular formula is C15H26N2O2S2. The summed E-state index contributed by atoms with van der Waals surface area (Å²) >= 11 is 1.69. The molecule has 120 valence electrons. The standard InChI is InChI=1S/C15H26N2O2S2/c1-10(2)13-12(8-16-15(3,4)5)20-14(17-13)11-6-7-21(18,19)9-11/h10-11,16H,6-9H2,1-5H3. The second-order valence-corrected chi connectivity index (χ2v) is 10.6. The van der Waals surface area contributed by atoms with Crippen LogP contribution in [0.4, 0.5) is 0 Å². The highest BCUT2D eigenvalue weighted by Gasteiger charge is 2.32. The molecule has 1 aromatic rings. The number of nitrogens with one attached hydrogen (secondary N) is 1. The van der Waals surface area contributed by atoms with Crippen LogP contribution in [-0.4, -0.2) is 30.4 Å². The van der Waals surface area contributed by atoms with Gasteiger partial charge < -0.3 is 5.32 Å². The molecule has 1 fully saturated rings. The fourth-order valence-corrected chi connectivity index (χ4v) is 5.62. The molecule has 1 unspecified atom stereocenters. The first-order chi connectivity index (χ1) is 9.57. The molecule has 0 aliphatic carbocycles. The summed E-state index contributed by atoms with van der Waals surface area (Å²) in [6, 6.07) is 0. The third-order valence-electron chi connectivity index (χ3n) is 3.65. The predicted octanol–water partition coefficient (Wildman–Crippen LogP) is 3.06. The van der Waals surface area contributed by atoms with Crippen LogP contribution in [0.1, 0.15) is 68.5 Å². The Hall–Kier alpha value is -0.460. The lowest BCUT2D eigenvalue weighted by molar-refractivity contribution is 0.425. The third kappa shape index (κ3) is 4.50. The number of rotatable bonds is 4. The highest BCUT2D eigenvalue weighted by Crippen LogP contribution is 2.35. The number of thiazole rings is 1. The van der Waals surface area contributed by atoms with Gasteiger partial charge in [-0.25, -0.2) is 13.4 Å². The molecule has 1 aromatic heterocycles. The van der Waals surface area contributed by atoms with E-state index in [1.54, 1.807) is 11.3 Å². The van der Waals surface area contributed by atoms with Gasteiger partial charge in [-0.3, -0.25) is 0 Å². The Morgan fingerprint density at radius 1 is 1.38 bits per heavy atom. The summed E-state index contributed by atoms with van der Waals surface area (Å²) in [7, 11) is -2.85. The Morgan fingerprint density at radius 3 is 2.52 bits per heavy atom. The van der Waals surface area contributed by atoms with Gasteiger partial charge in [-0.05, 0) is 33.1 Å². The lowest BCUT2D eigenvalue weighted by Crippen LogP contribution is -2.35. The molecule has 2 rings (SSSR count). The molecular weight excluding hydrogens is 304 g/mol. The maximum atomic E-state index is 11.7. The van der Waals surface area contributed by atoms with E-state index in [-0.39, 0.29) is 17.2 Å². The SMILES string of the molecule is CC(C)c1nc(C2CCS(=O)(=O)C2)sc1CNC(C)(C)C. The van der Waals surface area contributed by atoms with Crippen molar-refractivity contribution in [2.24, 2.45) is 0 Å². The highest BCUT2D eigenvalue weighted by molar-refractivity contribution is 7.91. The zero-order valence-electron chi connectivity index (χ0n) is 13.6. The van der Waals surface area contributed by atoms with Crippen LogP contribution in [0.25, 0.3) is 0 Å². The Morgan fingerprint density at radius 2 is 2.05 bits per heavy atom. The Bertz CT molecular complexity index is 598. The number of sulfone groups is 1. The molecule has 1 saturated heterocycles. The van der Waals surface area contributed by atoms with Gasteiger partial charge in [-0.1, -0.05) is 13.8 Å². The zero-order valence-corrected chi connectivity index (χ0v) is 15.2. The molecule has 0 spiro atoms. The Kier molecular flexibility index (Phi) is 4.81. The smallest absolute Gasteiger partial charge is 0.151 e. The van der Waals surface area contributed by atoms with E-state index in [0.29, 0.717) is 11.7 Å². The zero-order chi connectivity index (χ0) is 15.8. The minimum atomic E-state index is -2.85. The van der Waals surface area contributed by atoms with Gasteiger partial charge in [0.15, 0.2) is 9.84 Å². The molecule has 1 N–H and O–H groups in total. The number of hydrogen-bond acceptors (Lipinski definition) is 5. The molecule has 4 nitrogen and oxygen atoms in total. The Labute approximate surface area is 132 Å². The molecule has 1 aliphatic heterocycles. The van der Waals surface area contributed by atoms with Crippen molar-refractivity contribution in [1.29, 1.82) is 0 Å². The predicted molar refractivity (Wildman–Crippen MR) is 88.8 cm³/mol. The van der Waals surface area contributed by atoms with Crippen LogP contribution in [0.5, 0.6) is 0 Å². The molecule has 0 aromatic carbocycles. The van der Waals surface area contributed by atoms with Crippen LogP contribution in [0.3, 0.4) is 0 Å². The fourth-order valence-electron chi connectivity index (χ4n) is 2.47. The number of aromatic nitrogens is 1. The van der Waals surface area contributed by atoms with E-state index >= 15 is 0 Å². The van der Waals surface area contributed by atoms with Crippen LogP contribution in [-0.2, 0) is 16.4 Å². The first-order valence-electron chi connectivity index (χ1n) is 7.52. The first kappa shape index (κ1) is 16.9. The van der Waals surface area contributed by atoms with Gasteiger partial charge in [0.05, 0.1) is 22.2 Å². The molecule has 0 radical (unpaired) electrons. The van der Waals surface area contributed by atoms with E-state index in [2.05, 4.69) is 39.9 Å². The molecule has 1 atom stereocenters. The van der Waals surface area contributed by atoms with Gasteiger partial charge in [0.25, 0.3) is 0 Å². The quantitative estimate of drug-likeness (QED) is 0.922. The van der Waals surface area contributed by atoms with Gasteiger partial charge in [0.2, 0.25) is 0 Å². The number of hydrogen-bond donors (Lipinski definition) is 1. The minimum Gasteiger partial charge on any atom is -0.307 e. The van der Waals surface area contributed by atoms with Crippen LogP contribution in [0, 0.1) is 0 Å². The van der Waals surface area contributed by atoms with Crippen molar-refractivity contribution in [3.63, 3.8) is 0 Å². The van der Waals surface area contributed by atoms with Gasteiger partial charge in [-0.15, -0.1) is 11.3 Å². The summed E-state index contributed by atoms with van der Waals surface area (Å²) in [5.74, 6) is 1.04. The van der Waals surface area contributed by atoms with E-state index in [0.717, 1.165) is 23.7 Å². The topological polar surface area (TPSA) is 59.1 Å². The summed E-state index contributed by atoms with van der Waals surface area (Å²) in [6.45, 7) is 11.5. The molecule has 2 heterocycles. The summed E-state index contributed by atoms with van der Waals surface area (Å²) in [5.41, 5.74) is 1.19. The number of nitrogens with zero attached hydrogens (tertiary/aromatic N) is 1. The van der Waals surface area contributed by atoms with E-state index in [1.165, 1.54) is 4.88 Å². The van der Waals surface area contributed by atoms with Crippen LogP contribution in [0.15, 0.2) is 0 Å². The highest BCUT2D eigenvalue weighted by atomic mass is 32.2. The monoisotopic (exact) mass is 330 g/mol. The van der Waals surface area contributed by atoms with E-state index < -0.39 is 9.84 Å². The van der Waals surface area contributed by atoms with Crippen molar-refractivity contribution in [2.75, 3.05) is 11.5 Å². The molecule has 6 heteroatoms. The second kappa shape index (κ2) is 5.97. The summed E-state index contributed by atoms with van der Waals surface area (Å²) in [5, 5.41) is 4.51. The van der Waals surface area contributed by atoms with Crippen molar-refractivity contribution >= 4 is 21.2 Å². The van der Waals surface area contributed by atoms with Gasteiger partial charge in [0.1, 0.15) is 0 Å². The Balaban J connectivity index is 2.21. The van der Waals surface area contributed by atoms with Crippen molar-refractivity contribution in [2.45, 2.75) is 65.0 Å². The van der Waals surface area contributed by atoms with Crippen molar-refractivity contribution in [3.8, 4) is 0 Å². The normalized spacial score (nSPS) is 22.1. The molecule has 1 aliphatic rings. The lowest BCUT2D eigenvalue weighted by Gasteiger charge is -2.20. The average Bonchev–Trinajstić information content (AvgIpc) is 2.88. The summed E-state index contributed by atoms with van der Waals surface area (Å²) in [6.07, 6.45) is 0.722.